The van der Waals surface area contributed by atoms with Gasteiger partial charge in [-0.1, -0.05) is 24.3 Å². The Bertz CT molecular complexity index is 637. The maximum atomic E-state index is 5.66. The molecule has 3 rings (SSSR count). The van der Waals surface area contributed by atoms with Gasteiger partial charge >= 0.3 is 0 Å². The molecule has 1 aromatic heterocycles. The number of imidazole rings is 1. The number of nitrogens with one attached hydrogen (secondary N) is 2. The van der Waals surface area contributed by atoms with E-state index in [-0.39, 0.29) is 0 Å². The number of hydrogen-bond donors (Lipinski definition) is 3. The quantitative estimate of drug-likeness (QED) is 0.625. The highest BCUT2D eigenvalue weighted by Gasteiger charge is 2.00. The van der Waals surface area contributed by atoms with E-state index in [1.807, 2.05) is 36.4 Å². The van der Waals surface area contributed by atoms with E-state index in [1.165, 1.54) is 5.56 Å². The zero-order valence-electron chi connectivity index (χ0n) is 10.6. The fourth-order valence-corrected chi connectivity index (χ4v) is 2.05. The van der Waals surface area contributed by atoms with E-state index < -0.39 is 0 Å². The number of rotatable bonds is 4. The van der Waals surface area contributed by atoms with E-state index in [9.17, 15) is 0 Å². The molecule has 0 fully saturated rings. The Morgan fingerprint density at radius 3 is 2.63 bits per heavy atom. The second-order valence-corrected chi connectivity index (χ2v) is 4.52. The number of nitrogen functional groups attached to an aromatic ring is 1. The van der Waals surface area contributed by atoms with E-state index in [0.717, 1.165) is 35.6 Å². The van der Waals surface area contributed by atoms with Crippen LogP contribution in [0.15, 0.2) is 48.5 Å². The lowest BCUT2D eigenvalue weighted by atomic mass is 10.1. The van der Waals surface area contributed by atoms with Gasteiger partial charge in [0.15, 0.2) is 0 Å². The van der Waals surface area contributed by atoms with Gasteiger partial charge in [0, 0.05) is 12.2 Å². The van der Waals surface area contributed by atoms with Crippen LogP contribution in [0.5, 0.6) is 0 Å². The lowest BCUT2D eigenvalue weighted by molar-refractivity contribution is 1.00. The third-order valence-corrected chi connectivity index (χ3v) is 3.08. The molecule has 3 aromatic rings. The molecule has 0 aliphatic rings. The first-order valence-electron chi connectivity index (χ1n) is 6.34. The van der Waals surface area contributed by atoms with Crippen LogP contribution < -0.4 is 11.1 Å². The summed E-state index contributed by atoms with van der Waals surface area (Å²) in [5.41, 5.74) is 9.76. The molecule has 0 aliphatic carbocycles. The molecule has 0 unspecified atom stereocenters. The number of aromatic nitrogens is 2. The first kappa shape index (κ1) is 11.6. The molecule has 0 aliphatic heterocycles. The topological polar surface area (TPSA) is 66.7 Å². The predicted octanol–water partition coefficient (Wildman–Crippen LogP) is 2.80. The number of nitrogens with two attached hydrogens (primary N) is 1. The Balaban J connectivity index is 1.61. The number of nitrogens with zero attached hydrogens (tertiary/aromatic N) is 1. The monoisotopic (exact) mass is 252 g/mol. The van der Waals surface area contributed by atoms with Crippen molar-refractivity contribution in [2.45, 2.75) is 6.42 Å². The van der Waals surface area contributed by atoms with Gasteiger partial charge in [-0.25, -0.2) is 4.98 Å². The van der Waals surface area contributed by atoms with Crippen molar-refractivity contribution in [2.75, 3.05) is 17.6 Å². The first-order chi connectivity index (χ1) is 9.31. The number of aromatic amines is 1. The molecule has 0 atom stereocenters. The standard InChI is InChI=1S/C15H16N4/c16-12-7-5-11(6-8-12)9-10-17-15-18-13-3-1-2-4-14(13)19-15/h1-8H,9-10,16H2,(H2,17,18,19). The predicted molar refractivity (Wildman–Crippen MR) is 79.1 cm³/mol. The van der Waals surface area contributed by atoms with Crippen LogP contribution in [0.2, 0.25) is 0 Å². The average molecular weight is 252 g/mol. The van der Waals surface area contributed by atoms with E-state index >= 15 is 0 Å². The molecule has 0 saturated heterocycles. The fourth-order valence-electron chi connectivity index (χ4n) is 2.05. The average Bonchev–Trinajstić information content (AvgIpc) is 2.83. The molecule has 0 spiro atoms. The molecule has 4 N–H and O–H groups in total. The molecule has 1 heterocycles. The van der Waals surface area contributed by atoms with Crippen LogP contribution in [-0.4, -0.2) is 16.5 Å². The summed E-state index contributed by atoms with van der Waals surface area (Å²) in [6, 6.07) is 16.0. The van der Waals surface area contributed by atoms with Crippen molar-refractivity contribution in [3.8, 4) is 0 Å². The summed E-state index contributed by atoms with van der Waals surface area (Å²) in [6.07, 6.45) is 0.942. The SMILES string of the molecule is Nc1ccc(CCNc2nc3ccccc3[nH]2)cc1. The molecule has 0 radical (unpaired) electrons. The van der Waals surface area contributed by atoms with E-state index in [2.05, 4.69) is 27.4 Å². The summed E-state index contributed by atoms with van der Waals surface area (Å²) in [5.74, 6) is 0.816. The highest BCUT2D eigenvalue weighted by Crippen LogP contribution is 2.13. The van der Waals surface area contributed by atoms with Crippen molar-refractivity contribution >= 4 is 22.7 Å². The van der Waals surface area contributed by atoms with Crippen LogP contribution in [0.3, 0.4) is 0 Å². The second-order valence-electron chi connectivity index (χ2n) is 4.52. The third kappa shape index (κ3) is 2.68. The van der Waals surface area contributed by atoms with Gasteiger partial charge in [0.2, 0.25) is 5.95 Å². The minimum Gasteiger partial charge on any atom is -0.399 e. The number of anilines is 2. The van der Waals surface area contributed by atoms with Crippen molar-refractivity contribution in [2.24, 2.45) is 0 Å². The van der Waals surface area contributed by atoms with Gasteiger partial charge in [0.1, 0.15) is 0 Å². The van der Waals surface area contributed by atoms with Crippen LogP contribution in [0.4, 0.5) is 11.6 Å². The van der Waals surface area contributed by atoms with Crippen molar-refractivity contribution in [1.82, 2.24) is 9.97 Å². The van der Waals surface area contributed by atoms with Crippen LogP contribution in [0.1, 0.15) is 5.56 Å². The number of fused-ring (bicyclic) bond motifs is 1. The smallest absolute Gasteiger partial charge is 0.201 e. The fraction of sp³-hybridized carbons (Fsp3) is 0.133. The van der Waals surface area contributed by atoms with Crippen molar-refractivity contribution < 1.29 is 0 Å². The zero-order valence-corrected chi connectivity index (χ0v) is 10.6. The van der Waals surface area contributed by atoms with Crippen molar-refractivity contribution in [3.05, 3.63) is 54.1 Å². The van der Waals surface area contributed by atoms with Gasteiger partial charge < -0.3 is 16.0 Å². The molecule has 4 heteroatoms. The normalized spacial score (nSPS) is 10.7. The van der Waals surface area contributed by atoms with E-state index in [4.69, 9.17) is 5.73 Å². The maximum Gasteiger partial charge on any atom is 0.201 e. The molecule has 0 bridgehead atoms. The van der Waals surface area contributed by atoms with Gasteiger partial charge in [0.25, 0.3) is 0 Å². The Labute approximate surface area is 111 Å². The minimum absolute atomic E-state index is 0.800. The van der Waals surface area contributed by atoms with Crippen LogP contribution in [0, 0.1) is 0 Å². The lowest BCUT2D eigenvalue weighted by Gasteiger charge is -2.03. The highest BCUT2D eigenvalue weighted by atomic mass is 15.1. The zero-order chi connectivity index (χ0) is 13.1. The number of H-pyrrole nitrogens is 1. The Kier molecular flexibility index (Phi) is 3.06. The minimum atomic E-state index is 0.800. The number of para-hydroxylation sites is 2. The first-order valence-corrected chi connectivity index (χ1v) is 6.34. The maximum absolute atomic E-state index is 5.66. The van der Waals surface area contributed by atoms with Crippen LogP contribution in [0.25, 0.3) is 11.0 Å². The van der Waals surface area contributed by atoms with Gasteiger partial charge in [-0.05, 0) is 36.2 Å². The molecule has 4 nitrogen and oxygen atoms in total. The van der Waals surface area contributed by atoms with Crippen molar-refractivity contribution in [3.63, 3.8) is 0 Å². The largest absolute Gasteiger partial charge is 0.399 e. The van der Waals surface area contributed by atoms with E-state index in [1.54, 1.807) is 0 Å². The summed E-state index contributed by atoms with van der Waals surface area (Å²) >= 11 is 0. The molecule has 19 heavy (non-hydrogen) atoms. The van der Waals surface area contributed by atoms with Crippen LogP contribution >= 0.6 is 0 Å². The number of hydrogen-bond acceptors (Lipinski definition) is 3. The van der Waals surface area contributed by atoms with Gasteiger partial charge in [-0.2, -0.15) is 0 Å². The van der Waals surface area contributed by atoms with Gasteiger partial charge in [-0.3, -0.25) is 0 Å². The highest BCUT2D eigenvalue weighted by molar-refractivity contribution is 5.77. The summed E-state index contributed by atoms with van der Waals surface area (Å²) in [4.78, 5) is 7.72. The summed E-state index contributed by atoms with van der Waals surface area (Å²) in [6.45, 7) is 0.837. The summed E-state index contributed by atoms with van der Waals surface area (Å²) in [5, 5.41) is 3.30. The van der Waals surface area contributed by atoms with Crippen molar-refractivity contribution in [1.29, 1.82) is 0 Å². The number of benzene rings is 2. The Morgan fingerprint density at radius 2 is 1.84 bits per heavy atom. The summed E-state index contributed by atoms with van der Waals surface area (Å²) < 4.78 is 0. The molecular weight excluding hydrogens is 236 g/mol. The Morgan fingerprint density at radius 1 is 1.05 bits per heavy atom. The van der Waals surface area contributed by atoms with Gasteiger partial charge in [-0.15, -0.1) is 0 Å². The molecular formula is C15H16N4. The van der Waals surface area contributed by atoms with E-state index in [0.29, 0.717) is 0 Å². The van der Waals surface area contributed by atoms with Crippen LogP contribution in [-0.2, 0) is 6.42 Å². The molecule has 0 amide bonds. The molecule has 0 saturated carbocycles. The van der Waals surface area contributed by atoms with Gasteiger partial charge in [0.05, 0.1) is 11.0 Å². The molecule has 2 aromatic carbocycles. The Hall–Kier alpha value is -2.49. The lowest BCUT2D eigenvalue weighted by Crippen LogP contribution is -2.06. The molecule has 96 valence electrons. The second kappa shape index (κ2) is 5.02. The third-order valence-electron chi connectivity index (χ3n) is 3.08. The summed E-state index contributed by atoms with van der Waals surface area (Å²) in [7, 11) is 0.